The summed E-state index contributed by atoms with van der Waals surface area (Å²) in [6.45, 7) is 0.180. The molecule has 0 bridgehead atoms. The first-order valence-electron chi connectivity index (χ1n) is 6.42. The summed E-state index contributed by atoms with van der Waals surface area (Å²) in [6, 6.07) is 12.9. The molecule has 0 aliphatic heterocycles. The Morgan fingerprint density at radius 3 is 2.64 bits per heavy atom. The number of ether oxygens (including phenoxy) is 1. The molecule has 0 atom stereocenters. The van der Waals surface area contributed by atoms with Gasteiger partial charge in [-0.3, -0.25) is 4.79 Å². The summed E-state index contributed by atoms with van der Waals surface area (Å²) in [4.78, 5) is 11.7. The molecule has 4 nitrogen and oxygen atoms in total. The highest BCUT2D eigenvalue weighted by molar-refractivity contribution is 9.10. The predicted molar refractivity (Wildman–Crippen MR) is 82.6 cm³/mol. The first-order chi connectivity index (χ1) is 10.6. The molecule has 2 aromatic rings. The number of halogens is 2. The van der Waals surface area contributed by atoms with E-state index < -0.39 is 0 Å². The molecule has 0 saturated heterocycles. The number of nitriles is 1. The van der Waals surface area contributed by atoms with Crippen molar-refractivity contribution in [3.05, 3.63) is 63.9 Å². The van der Waals surface area contributed by atoms with Crippen LogP contribution in [0.2, 0.25) is 0 Å². The molecule has 0 fully saturated rings. The van der Waals surface area contributed by atoms with E-state index >= 15 is 0 Å². The van der Waals surface area contributed by atoms with Gasteiger partial charge in [0.15, 0.2) is 6.61 Å². The summed E-state index contributed by atoms with van der Waals surface area (Å²) in [5.74, 6) is -0.278. The number of rotatable bonds is 5. The van der Waals surface area contributed by atoms with E-state index in [-0.39, 0.29) is 18.3 Å². The minimum atomic E-state index is -0.385. The first-order valence-corrected chi connectivity index (χ1v) is 7.21. The maximum absolute atomic E-state index is 12.9. The lowest BCUT2D eigenvalue weighted by molar-refractivity contribution is -0.123. The van der Waals surface area contributed by atoms with Crippen LogP contribution in [0.25, 0.3) is 0 Å². The van der Waals surface area contributed by atoms with Gasteiger partial charge in [-0.2, -0.15) is 5.26 Å². The number of hydrogen-bond donors (Lipinski definition) is 1. The van der Waals surface area contributed by atoms with Gasteiger partial charge < -0.3 is 10.1 Å². The third-order valence-corrected chi connectivity index (χ3v) is 3.45. The van der Waals surface area contributed by atoms with Crippen LogP contribution in [0.15, 0.2) is 46.9 Å². The van der Waals surface area contributed by atoms with Gasteiger partial charge in [-0.15, -0.1) is 0 Å². The Balaban J connectivity index is 1.81. The Bertz CT molecular complexity index is 711. The lowest BCUT2D eigenvalue weighted by atomic mass is 10.1. The molecule has 1 N–H and O–H groups in total. The normalized spacial score (nSPS) is 9.86. The van der Waals surface area contributed by atoms with Crippen molar-refractivity contribution in [3.63, 3.8) is 0 Å². The van der Waals surface area contributed by atoms with Crippen LogP contribution < -0.4 is 10.1 Å². The van der Waals surface area contributed by atoms with E-state index in [4.69, 9.17) is 10.00 Å². The van der Waals surface area contributed by atoms with Crippen molar-refractivity contribution >= 4 is 21.8 Å². The monoisotopic (exact) mass is 362 g/mol. The molecular formula is C16H12BrFN2O2. The molecule has 2 aromatic carbocycles. The van der Waals surface area contributed by atoms with Gasteiger partial charge in [-0.05, 0) is 51.8 Å². The molecule has 2 rings (SSSR count). The number of amides is 1. The number of carbonyl (C=O) groups is 1. The molecule has 0 saturated carbocycles. The average Bonchev–Trinajstić information content (AvgIpc) is 2.52. The van der Waals surface area contributed by atoms with Crippen LogP contribution in [-0.4, -0.2) is 12.5 Å². The minimum absolute atomic E-state index is 0.166. The molecule has 22 heavy (non-hydrogen) atoms. The Morgan fingerprint density at radius 1 is 1.27 bits per heavy atom. The zero-order chi connectivity index (χ0) is 15.9. The Kier molecular flexibility index (Phi) is 5.50. The maximum Gasteiger partial charge on any atom is 0.258 e. The minimum Gasteiger partial charge on any atom is -0.483 e. The van der Waals surface area contributed by atoms with Crippen molar-refractivity contribution < 1.29 is 13.9 Å². The van der Waals surface area contributed by atoms with E-state index in [1.54, 1.807) is 24.3 Å². The number of benzene rings is 2. The predicted octanol–water partition coefficient (Wildman–Crippen LogP) is 3.16. The van der Waals surface area contributed by atoms with Crippen molar-refractivity contribution in [3.8, 4) is 11.8 Å². The SMILES string of the molecule is N#Cc1ccc(CNC(=O)COc2ccc(F)cc2Br)cc1. The molecule has 0 aliphatic rings. The average molecular weight is 363 g/mol. The largest absolute Gasteiger partial charge is 0.483 e. The first kappa shape index (κ1) is 16.0. The van der Waals surface area contributed by atoms with Crippen molar-refractivity contribution in [1.29, 1.82) is 5.26 Å². The summed E-state index contributed by atoms with van der Waals surface area (Å²) in [6.07, 6.45) is 0. The van der Waals surface area contributed by atoms with Crippen molar-refractivity contribution in [2.24, 2.45) is 0 Å². The highest BCUT2D eigenvalue weighted by atomic mass is 79.9. The van der Waals surface area contributed by atoms with E-state index in [2.05, 4.69) is 21.2 Å². The Labute approximate surface area is 135 Å². The fourth-order valence-electron chi connectivity index (χ4n) is 1.68. The van der Waals surface area contributed by atoms with E-state index in [0.29, 0.717) is 22.3 Å². The van der Waals surface area contributed by atoms with Gasteiger partial charge >= 0.3 is 0 Å². The highest BCUT2D eigenvalue weighted by Gasteiger charge is 2.06. The molecule has 0 radical (unpaired) electrons. The van der Waals surface area contributed by atoms with Gasteiger partial charge in [0.25, 0.3) is 5.91 Å². The summed E-state index contributed by atoms with van der Waals surface area (Å²) in [5, 5.41) is 11.4. The van der Waals surface area contributed by atoms with Crippen molar-refractivity contribution in [2.75, 3.05) is 6.61 Å². The number of nitrogens with zero attached hydrogens (tertiary/aromatic N) is 1. The van der Waals surface area contributed by atoms with Gasteiger partial charge in [-0.1, -0.05) is 12.1 Å². The van der Waals surface area contributed by atoms with Gasteiger partial charge in [-0.25, -0.2) is 4.39 Å². The second-order valence-electron chi connectivity index (χ2n) is 4.45. The van der Waals surface area contributed by atoms with Crippen molar-refractivity contribution in [1.82, 2.24) is 5.32 Å². The highest BCUT2D eigenvalue weighted by Crippen LogP contribution is 2.25. The maximum atomic E-state index is 12.9. The topological polar surface area (TPSA) is 62.1 Å². The van der Waals surface area contributed by atoms with Crippen LogP contribution in [0.1, 0.15) is 11.1 Å². The second kappa shape index (κ2) is 7.57. The molecule has 1 amide bonds. The second-order valence-corrected chi connectivity index (χ2v) is 5.30. The van der Waals surface area contributed by atoms with Crippen LogP contribution in [0.5, 0.6) is 5.75 Å². The molecule has 112 valence electrons. The fraction of sp³-hybridized carbons (Fsp3) is 0.125. The Morgan fingerprint density at radius 2 is 2.00 bits per heavy atom. The molecule has 6 heteroatoms. The van der Waals surface area contributed by atoms with Crippen LogP contribution >= 0.6 is 15.9 Å². The van der Waals surface area contributed by atoms with Crippen LogP contribution in [0.3, 0.4) is 0 Å². The lowest BCUT2D eigenvalue weighted by Gasteiger charge is -2.09. The van der Waals surface area contributed by atoms with E-state index in [1.807, 2.05) is 6.07 Å². The third kappa shape index (κ3) is 4.57. The van der Waals surface area contributed by atoms with Crippen molar-refractivity contribution in [2.45, 2.75) is 6.54 Å². The summed E-state index contributed by atoms with van der Waals surface area (Å²) >= 11 is 3.16. The van der Waals surface area contributed by atoms with E-state index in [0.717, 1.165) is 5.56 Å². The molecular weight excluding hydrogens is 351 g/mol. The quantitative estimate of drug-likeness (QED) is 0.888. The molecule has 0 aromatic heterocycles. The molecule has 0 spiro atoms. The summed E-state index contributed by atoms with van der Waals surface area (Å²) in [5.41, 5.74) is 1.45. The standard InChI is InChI=1S/C16H12BrFN2O2/c17-14-7-13(18)5-6-15(14)22-10-16(21)20-9-12-3-1-11(8-19)2-4-12/h1-7H,9-10H2,(H,20,21). The van der Waals surface area contributed by atoms with Gasteiger partial charge in [0, 0.05) is 6.54 Å². The van der Waals surface area contributed by atoms with Gasteiger partial charge in [0.1, 0.15) is 11.6 Å². The summed E-state index contributed by atoms with van der Waals surface area (Å²) < 4.78 is 18.7. The van der Waals surface area contributed by atoms with Gasteiger partial charge in [0.2, 0.25) is 0 Å². The smallest absolute Gasteiger partial charge is 0.258 e. The number of hydrogen-bond acceptors (Lipinski definition) is 3. The fourth-order valence-corrected chi connectivity index (χ4v) is 2.15. The summed E-state index contributed by atoms with van der Waals surface area (Å²) in [7, 11) is 0. The molecule has 0 aliphatic carbocycles. The van der Waals surface area contributed by atoms with Crippen LogP contribution in [0.4, 0.5) is 4.39 Å². The molecule has 0 unspecified atom stereocenters. The Hall–Kier alpha value is -2.39. The molecule has 0 heterocycles. The number of carbonyl (C=O) groups excluding carboxylic acids is 1. The zero-order valence-electron chi connectivity index (χ0n) is 11.5. The van der Waals surface area contributed by atoms with E-state index in [9.17, 15) is 9.18 Å². The number of nitrogens with one attached hydrogen (secondary N) is 1. The third-order valence-electron chi connectivity index (χ3n) is 2.83. The lowest BCUT2D eigenvalue weighted by Crippen LogP contribution is -2.28. The zero-order valence-corrected chi connectivity index (χ0v) is 13.1. The van der Waals surface area contributed by atoms with E-state index in [1.165, 1.54) is 18.2 Å². The van der Waals surface area contributed by atoms with Crippen LogP contribution in [-0.2, 0) is 11.3 Å². The van der Waals surface area contributed by atoms with Gasteiger partial charge in [0.05, 0.1) is 16.1 Å². The van der Waals surface area contributed by atoms with Crippen LogP contribution in [0, 0.1) is 17.1 Å².